The van der Waals surface area contributed by atoms with Crippen molar-refractivity contribution in [3.05, 3.63) is 75.8 Å². The van der Waals surface area contributed by atoms with Crippen molar-refractivity contribution in [1.82, 2.24) is 21.3 Å². The van der Waals surface area contributed by atoms with Gasteiger partial charge in [-0.15, -0.1) is 0 Å². The summed E-state index contributed by atoms with van der Waals surface area (Å²) in [6, 6.07) is 12.5. The van der Waals surface area contributed by atoms with Crippen LogP contribution >= 0.6 is 0 Å². The van der Waals surface area contributed by atoms with Crippen molar-refractivity contribution in [2.45, 2.75) is 63.8 Å². The first kappa shape index (κ1) is 32.8. The van der Waals surface area contributed by atoms with E-state index >= 15 is 0 Å². The third-order valence-corrected chi connectivity index (χ3v) is 6.17. The maximum atomic E-state index is 13.3. The second kappa shape index (κ2) is 17.4. The number of benzene rings is 2. The number of nitrogens with zero attached hydrogens (tertiary/aromatic N) is 2. The Balaban J connectivity index is 2.09. The van der Waals surface area contributed by atoms with Crippen molar-refractivity contribution in [3.8, 4) is 0 Å². The first-order valence-corrected chi connectivity index (χ1v) is 13.4. The first-order valence-electron chi connectivity index (χ1n) is 13.4. The van der Waals surface area contributed by atoms with Crippen molar-refractivity contribution in [1.29, 1.82) is 0 Å². The highest BCUT2D eigenvalue weighted by Gasteiger charge is 2.30. The Bertz CT molecular complexity index is 1160. The van der Waals surface area contributed by atoms with Crippen LogP contribution in [0, 0.1) is 10.1 Å². The van der Waals surface area contributed by atoms with Gasteiger partial charge in [-0.05, 0) is 44.4 Å². The minimum absolute atomic E-state index is 0.0132. The molecule has 2 rings (SSSR count). The molecule has 0 aliphatic heterocycles. The van der Waals surface area contributed by atoms with Gasteiger partial charge < -0.3 is 32.2 Å². The van der Waals surface area contributed by atoms with E-state index in [0.29, 0.717) is 31.5 Å². The quantitative estimate of drug-likeness (QED) is 0.0521. The molecule has 4 atom stereocenters. The lowest BCUT2D eigenvalue weighted by Gasteiger charge is -2.26. The molecule has 0 heterocycles. The molecule has 0 spiro atoms. The lowest BCUT2D eigenvalue weighted by molar-refractivity contribution is -0.384. The Kier molecular flexibility index (Phi) is 13.9. The molecule has 0 aliphatic carbocycles. The van der Waals surface area contributed by atoms with Gasteiger partial charge in [-0.2, -0.15) is 5.10 Å². The molecule has 0 saturated carbocycles. The number of nitro groups is 1. The Morgan fingerprint density at radius 2 is 1.63 bits per heavy atom. The normalized spacial score (nSPS) is 14.0. The van der Waals surface area contributed by atoms with Crippen molar-refractivity contribution >= 4 is 29.6 Å². The van der Waals surface area contributed by atoms with E-state index in [2.05, 4.69) is 26.4 Å². The minimum atomic E-state index is -1.27. The number of hydrogen-bond acceptors (Lipinski definition) is 9. The molecule has 41 heavy (non-hydrogen) atoms. The molecular formula is C28H39N7O6. The molecule has 13 heteroatoms. The smallest absolute Gasteiger partial charge is 0.269 e. The molecule has 0 aliphatic rings. The van der Waals surface area contributed by atoms with E-state index in [1.165, 1.54) is 37.4 Å². The van der Waals surface area contributed by atoms with Crippen molar-refractivity contribution in [3.63, 3.8) is 0 Å². The van der Waals surface area contributed by atoms with Crippen LogP contribution in [-0.4, -0.2) is 71.3 Å². The summed E-state index contributed by atoms with van der Waals surface area (Å²) in [5.41, 5.74) is 1.47. The van der Waals surface area contributed by atoms with Crippen LogP contribution in [0.25, 0.3) is 0 Å². The zero-order valence-corrected chi connectivity index (χ0v) is 23.3. The van der Waals surface area contributed by atoms with E-state index in [9.17, 15) is 29.6 Å². The van der Waals surface area contributed by atoms with Gasteiger partial charge >= 0.3 is 0 Å². The van der Waals surface area contributed by atoms with Gasteiger partial charge in [0.1, 0.15) is 12.1 Å². The average Bonchev–Trinajstić information content (AvgIpc) is 2.93. The highest BCUT2D eigenvalue weighted by Crippen LogP contribution is 2.14. The summed E-state index contributed by atoms with van der Waals surface area (Å²) in [5, 5.41) is 35.8. The number of carbonyl (C=O) groups excluding carboxylic acids is 3. The van der Waals surface area contributed by atoms with Crippen molar-refractivity contribution in [2.75, 3.05) is 13.1 Å². The van der Waals surface area contributed by atoms with Crippen LogP contribution in [0.5, 0.6) is 0 Å². The number of nitrogens with one attached hydrogen (secondary N) is 4. The Labute approximate surface area is 239 Å². The Morgan fingerprint density at radius 3 is 2.24 bits per heavy atom. The molecule has 0 saturated heterocycles. The molecule has 0 fully saturated rings. The van der Waals surface area contributed by atoms with Gasteiger partial charge in [0.2, 0.25) is 17.7 Å². The van der Waals surface area contributed by atoms with Crippen LogP contribution in [0.15, 0.2) is 59.7 Å². The number of amides is 3. The lowest BCUT2D eigenvalue weighted by Crippen LogP contribution is -2.58. The van der Waals surface area contributed by atoms with E-state index < -0.39 is 40.8 Å². The summed E-state index contributed by atoms with van der Waals surface area (Å²) in [6.07, 6.45) is 1.44. The van der Waals surface area contributed by atoms with Gasteiger partial charge in [-0.25, -0.2) is 0 Å². The fourth-order valence-electron chi connectivity index (χ4n) is 4.07. The second-order valence-electron chi connectivity index (χ2n) is 9.71. The monoisotopic (exact) mass is 569 g/mol. The molecule has 1 unspecified atom stereocenters. The summed E-state index contributed by atoms with van der Waals surface area (Å²) in [6.45, 7) is 4.18. The predicted molar refractivity (Wildman–Crippen MR) is 155 cm³/mol. The fraction of sp³-hybridized carbons (Fsp3) is 0.429. The SMILES string of the molecule is CC(Cc1ccccc1)NC(=O)[C@H](NC(=O)[C@H](Cc1ccc([N+](=O)[O-])cc1)NC(=O)CCCNCC=NN)[C@H](C)O. The highest BCUT2D eigenvalue weighted by atomic mass is 16.6. The van der Waals surface area contributed by atoms with Crippen LogP contribution in [0.2, 0.25) is 0 Å². The van der Waals surface area contributed by atoms with Gasteiger partial charge in [0.15, 0.2) is 0 Å². The largest absolute Gasteiger partial charge is 0.391 e. The molecule has 7 N–H and O–H groups in total. The summed E-state index contributed by atoms with van der Waals surface area (Å²) >= 11 is 0. The standard InChI is InChI=1S/C28H39N7O6/c1-19(17-21-7-4-3-5-8-21)32-28(39)26(20(2)36)34-27(38)24(18-22-10-12-23(13-11-22)35(40)41)33-25(37)9-6-14-30-15-16-31-29/h3-5,7-8,10-13,16,19-20,24,26,30,36H,6,9,14-15,17-18,29H2,1-2H3,(H,32,39)(H,33,37)(H,34,38)/t19?,20-,24-,26+/m0/s1. The Morgan fingerprint density at radius 1 is 0.976 bits per heavy atom. The number of nitro benzene ring substituents is 1. The number of rotatable bonds is 17. The number of carbonyl (C=O) groups is 3. The van der Waals surface area contributed by atoms with Gasteiger partial charge in [-0.1, -0.05) is 42.5 Å². The number of non-ortho nitro benzene ring substituents is 1. The van der Waals surface area contributed by atoms with E-state index in [0.717, 1.165) is 5.56 Å². The van der Waals surface area contributed by atoms with Gasteiger partial charge in [0, 0.05) is 43.8 Å². The predicted octanol–water partition coefficient (Wildman–Crippen LogP) is 0.549. The molecule has 0 bridgehead atoms. The molecule has 0 radical (unpaired) electrons. The second-order valence-corrected chi connectivity index (χ2v) is 9.71. The summed E-state index contributed by atoms with van der Waals surface area (Å²) in [7, 11) is 0. The van der Waals surface area contributed by atoms with Gasteiger partial charge in [-0.3, -0.25) is 24.5 Å². The maximum absolute atomic E-state index is 13.3. The molecule has 222 valence electrons. The number of hydrazone groups is 1. The van der Waals surface area contributed by atoms with Crippen LogP contribution in [-0.2, 0) is 27.2 Å². The van der Waals surface area contributed by atoms with Crippen molar-refractivity contribution in [2.24, 2.45) is 10.9 Å². The molecule has 13 nitrogen and oxygen atoms in total. The van der Waals surface area contributed by atoms with Crippen LogP contribution in [0.3, 0.4) is 0 Å². The minimum Gasteiger partial charge on any atom is -0.391 e. The average molecular weight is 570 g/mol. The maximum Gasteiger partial charge on any atom is 0.269 e. The van der Waals surface area contributed by atoms with E-state index in [4.69, 9.17) is 5.84 Å². The molecule has 2 aromatic carbocycles. The third-order valence-electron chi connectivity index (χ3n) is 6.17. The molecule has 2 aromatic rings. The third kappa shape index (κ3) is 12.1. The van der Waals surface area contributed by atoms with Crippen LogP contribution in [0.1, 0.15) is 37.8 Å². The van der Waals surface area contributed by atoms with Crippen LogP contribution < -0.4 is 27.1 Å². The van der Waals surface area contributed by atoms with Crippen molar-refractivity contribution < 1.29 is 24.4 Å². The van der Waals surface area contributed by atoms with E-state index in [1.54, 1.807) is 0 Å². The summed E-state index contributed by atoms with van der Waals surface area (Å²) < 4.78 is 0. The van der Waals surface area contributed by atoms with E-state index in [-0.39, 0.29) is 24.6 Å². The molecule has 0 aromatic heterocycles. The topological polar surface area (TPSA) is 201 Å². The van der Waals surface area contributed by atoms with Gasteiger partial charge in [0.05, 0.1) is 11.0 Å². The summed E-state index contributed by atoms with van der Waals surface area (Å²) in [5.74, 6) is 3.41. The number of hydrogen-bond donors (Lipinski definition) is 6. The fourth-order valence-corrected chi connectivity index (χ4v) is 4.07. The number of nitrogens with two attached hydrogens (primary N) is 1. The zero-order valence-electron chi connectivity index (χ0n) is 23.3. The number of aliphatic hydroxyl groups excluding tert-OH is 1. The highest BCUT2D eigenvalue weighted by molar-refractivity contribution is 5.92. The lowest BCUT2D eigenvalue weighted by atomic mass is 10.0. The van der Waals surface area contributed by atoms with E-state index in [1.807, 2.05) is 37.3 Å². The molecular weight excluding hydrogens is 530 g/mol. The Hall–Kier alpha value is -4.36. The zero-order chi connectivity index (χ0) is 30.2. The first-order chi connectivity index (χ1) is 19.6. The summed E-state index contributed by atoms with van der Waals surface area (Å²) in [4.78, 5) is 49.5. The molecule has 3 amide bonds. The van der Waals surface area contributed by atoms with Gasteiger partial charge in [0.25, 0.3) is 5.69 Å². The number of aliphatic hydroxyl groups is 1. The van der Waals surface area contributed by atoms with Crippen LogP contribution in [0.4, 0.5) is 5.69 Å².